The van der Waals surface area contributed by atoms with Crippen LogP contribution < -0.4 is 15.5 Å². The number of amides is 2. The van der Waals surface area contributed by atoms with Gasteiger partial charge in [-0.2, -0.15) is 0 Å². The number of anilines is 1. The number of ether oxygens (including phenoxy) is 2. The fourth-order valence-corrected chi connectivity index (χ4v) is 3.17. The fraction of sp³-hybridized carbons (Fsp3) is 0.682. The lowest BCUT2D eigenvalue weighted by Gasteiger charge is -2.32. The molecule has 2 rings (SSSR count). The quantitative estimate of drug-likeness (QED) is 0.705. The van der Waals surface area contributed by atoms with Crippen molar-refractivity contribution in [3.05, 3.63) is 23.9 Å². The summed E-state index contributed by atoms with van der Waals surface area (Å²) in [5.74, 6) is 0.645. The van der Waals surface area contributed by atoms with E-state index in [-0.39, 0.29) is 17.9 Å². The molecule has 1 aromatic rings. The van der Waals surface area contributed by atoms with Crippen molar-refractivity contribution < 1.29 is 19.1 Å². The van der Waals surface area contributed by atoms with Crippen LogP contribution >= 0.6 is 0 Å². The van der Waals surface area contributed by atoms with E-state index in [4.69, 9.17) is 9.47 Å². The van der Waals surface area contributed by atoms with Crippen molar-refractivity contribution in [2.24, 2.45) is 5.92 Å². The Morgan fingerprint density at radius 3 is 2.67 bits per heavy atom. The van der Waals surface area contributed by atoms with Gasteiger partial charge in [-0.1, -0.05) is 26.3 Å². The molecule has 0 saturated carbocycles. The summed E-state index contributed by atoms with van der Waals surface area (Å²) in [6.45, 7) is 14.0. The zero-order valence-electron chi connectivity index (χ0n) is 19.0. The number of carbonyl (C=O) groups excluding carboxylic acids is 2. The molecule has 1 aliphatic rings. The highest BCUT2D eigenvalue weighted by Gasteiger charge is 2.28. The van der Waals surface area contributed by atoms with Crippen molar-refractivity contribution in [2.75, 3.05) is 24.6 Å². The Hall–Kier alpha value is -2.35. The van der Waals surface area contributed by atoms with Crippen LogP contribution in [-0.2, 0) is 20.8 Å². The Kier molecular flexibility index (Phi) is 8.46. The predicted octanol–water partition coefficient (Wildman–Crippen LogP) is 2.86. The molecule has 1 aliphatic heterocycles. The van der Waals surface area contributed by atoms with Crippen molar-refractivity contribution in [2.45, 2.75) is 72.3 Å². The third-order valence-electron chi connectivity index (χ3n) is 5.01. The van der Waals surface area contributed by atoms with Gasteiger partial charge in [-0.25, -0.2) is 9.78 Å². The number of nitrogens with one attached hydrogen (secondary N) is 2. The first-order chi connectivity index (χ1) is 14.1. The molecule has 8 heteroatoms. The van der Waals surface area contributed by atoms with E-state index in [0.717, 1.165) is 30.9 Å². The molecule has 0 unspecified atom stereocenters. The average Bonchev–Trinajstić information content (AvgIpc) is 2.68. The van der Waals surface area contributed by atoms with Crippen LogP contribution in [0.15, 0.2) is 18.3 Å². The highest BCUT2D eigenvalue weighted by molar-refractivity contribution is 5.85. The van der Waals surface area contributed by atoms with Gasteiger partial charge in [-0.3, -0.25) is 4.79 Å². The first-order valence-electron chi connectivity index (χ1n) is 10.7. The van der Waals surface area contributed by atoms with Crippen LogP contribution in [0.3, 0.4) is 0 Å². The Balaban J connectivity index is 1.93. The van der Waals surface area contributed by atoms with E-state index in [1.807, 2.05) is 26.0 Å². The first-order valence-corrected chi connectivity index (χ1v) is 10.7. The second-order valence-corrected chi connectivity index (χ2v) is 8.88. The van der Waals surface area contributed by atoms with E-state index < -0.39 is 17.7 Å². The molecule has 0 spiro atoms. The van der Waals surface area contributed by atoms with Gasteiger partial charge in [0.2, 0.25) is 5.91 Å². The van der Waals surface area contributed by atoms with Gasteiger partial charge in [0.1, 0.15) is 17.5 Å². The minimum atomic E-state index is -0.660. The minimum Gasteiger partial charge on any atom is -0.444 e. The lowest BCUT2D eigenvalue weighted by Crippen LogP contribution is -2.51. The van der Waals surface area contributed by atoms with Gasteiger partial charge in [0.05, 0.1) is 12.7 Å². The highest BCUT2D eigenvalue weighted by Crippen LogP contribution is 2.16. The van der Waals surface area contributed by atoms with E-state index >= 15 is 0 Å². The van der Waals surface area contributed by atoms with Crippen LogP contribution in [0, 0.1) is 5.92 Å². The molecule has 0 aromatic carbocycles. The normalized spacial score (nSPS) is 19.0. The summed E-state index contributed by atoms with van der Waals surface area (Å²) in [6, 6.07) is 3.26. The summed E-state index contributed by atoms with van der Waals surface area (Å²) in [7, 11) is 0. The molecule has 0 radical (unpaired) electrons. The van der Waals surface area contributed by atoms with E-state index in [9.17, 15) is 9.59 Å². The number of hydrogen-bond acceptors (Lipinski definition) is 6. The van der Waals surface area contributed by atoms with E-state index in [0.29, 0.717) is 13.2 Å². The molecular formula is C22H36N4O4. The summed E-state index contributed by atoms with van der Waals surface area (Å²) in [5.41, 5.74) is 0.278. The number of alkyl carbamates (subject to hydrolysis) is 1. The second-order valence-electron chi connectivity index (χ2n) is 8.88. The van der Waals surface area contributed by atoms with E-state index in [1.54, 1.807) is 27.0 Å². The number of carbonyl (C=O) groups is 2. The Labute approximate surface area is 179 Å². The average molecular weight is 421 g/mol. The van der Waals surface area contributed by atoms with Crippen molar-refractivity contribution in [3.8, 4) is 0 Å². The summed E-state index contributed by atoms with van der Waals surface area (Å²) < 4.78 is 10.9. The molecule has 1 aromatic heterocycles. The van der Waals surface area contributed by atoms with Crippen LogP contribution in [0.25, 0.3) is 0 Å². The predicted molar refractivity (Wildman–Crippen MR) is 116 cm³/mol. The summed E-state index contributed by atoms with van der Waals surface area (Å²) in [4.78, 5) is 31.6. The van der Waals surface area contributed by atoms with Crippen LogP contribution in [0.4, 0.5) is 10.6 Å². The molecule has 2 heterocycles. The lowest BCUT2D eigenvalue weighted by molar-refractivity contribution is -0.124. The topological polar surface area (TPSA) is 92.8 Å². The number of pyridine rings is 1. The van der Waals surface area contributed by atoms with Crippen molar-refractivity contribution in [3.63, 3.8) is 0 Å². The summed E-state index contributed by atoms with van der Waals surface area (Å²) >= 11 is 0. The lowest BCUT2D eigenvalue weighted by atomic mass is 9.98. The molecule has 1 fully saturated rings. The molecule has 3 atom stereocenters. The van der Waals surface area contributed by atoms with E-state index in [1.165, 1.54) is 0 Å². The van der Waals surface area contributed by atoms with E-state index in [2.05, 4.69) is 27.4 Å². The van der Waals surface area contributed by atoms with Gasteiger partial charge < -0.3 is 25.0 Å². The molecule has 168 valence electrons. The smallest absolute Gasteiger partial charge is 0.408 e. The molecule has 0 bridgehead atoms. The van der Waals surface area contributed by atoms with Gasteiger partial charge >= 0.3 is 6.09 Å². The zero-order valence-corrected chi connectivity index (χ0v) is 19.0. The minimum absolute atomic E-state index is 0.0265. The van der Waals surface area contributed by atoms with Gasteiger partial charge in [0, 0.05) is 25.8 Å². The molecule has 8 nitrogen and oxygen atoms in total. The molecule has 2 amide bonds. The van der Waals surface area contributed by atoms with Crippen LogP contribution in [0.2, 0.25) is 0 Å². The van der Waals surface area contributed by atoms with Crippen LogP contribution in [0.5, 0.6) is 0 Å². The Morgan fingerprint density at radius 1 is 1.37 bits per heavy atom. The SMILES string of the molecule is CC[C@H](C)[C@H](NC(=O)OC(C)(C)C)C(=O)NCc1ccc(N2CCO[C@@H](C)C2)nc1. The highest BCUT2D eigenvalue weighted by atomic mass is 16.6. The van der Waals surface area contributed by atoms with Gasteiger partial charge in [-0.05, 0) is 45.2 Å². The number of nitrogens with zero attached hydrogens (tertiary/aromatic N) is 2. The standard InChI is InChI=1S/C22H36N4O4/c1-7-15(2)19(25-21(28)30-22(4,5)6)20(27)24-13-17-8-9-18(23-12-17)26-10-11-29-16(3)14-26/h8-9,12,15-16,19H,7,10-11,13-14H2,1-6H3,(H,24,27)(H,25,28)/t15-,16-,19-/m0/s1. The van der Waals surface area contributed by atoms with Crippen molar-refractivity contribution >= 4 is 17.8 Å². The fourth-order valence-electron chi connectivity index (χ4n) is 3.17. The molecule has 30 heavy (non-hydrogen) atoms. The van der Waals surface area contributed by atoms with Gasteiger partial charge in [0.15, 0.2) is 0 Å². The largest absolute Gasteiger partial charge is 0.444 e. The zero-order chi connectivity index (χ0) is 22.3. The maximum absolute atomic E-state index is 12.7. The third kappa shape index (κ3) is 7.48. The molecule has 0 aliphatic carbocycles. The maximum atomic E-state index is 12.7. The Bertz CT molecular complexity index is 702. The molecular weight excluding hydrogens is 384 g/mol. The first kappa shape index (κ1) is 23.9. The number of rotatable bonds is 7. The molecule has 2 N–H and O–H groups in total. The van der Waals surface area contributed by atoms with Crippen LogP contribution in [0.1, 0.15) is 53.5 Å². The van der Waals surface area contributed by atoms with Crippen molar-refractivity contribution in [1.82, 2.24) is 15.6 Å². The summed E-state index contributed by atoms with van der Waals surface area (Å²) in [6.07, 6.45) is 2.13. The van der Waals surface area contributed by atoms with Gasteiger partial charge in [-0.15, -0.1) is 0 Å². The summed E-state index contributed by atoms with van der Waals surface area (Å²) in [5, 5.41) is 5.61. The third-order valence-corrected chi connectivity index (χ3v) is 5.01. The number of aromatic nitrogens is 1. The Morgan fingerprint density at radius 2 is 2.10 bits per heavy atom. The van der Waals surface area contributed by atoms with Crippen molar-refractivity contribution in [1.29, 1.82) is 0 Å². The van der Waals surface area contributed by atoms with Gasteiger partial charge in [0.25, 0.3) is 0 Å². The number of hydrogen-bond donors (Lipinski definition) is 2. The number of morpholine rings is 1. The molecule has 1 saturated heterocycles. The maximum Gasteiger partial charge on any atom is 0.408 e. The monoisotopic (exact) mass is 420 g/mol. The van der Waals surface area contributed by atoms with Crippen LogP contribution in [-0.4, -0.2) is 54.4 Å². The second kappa shape index (κ2) is 10.6.